The van der Waals surface area contributed by atoms with Crippen molar-refractivity contribution < 1.29 is 184 Å². The number of aromatic hydroxyl groups is 1. The molecule has 0 radical (unpaired) electrons. The predicted molar refractivity (Wildman–Crippen MR) is 234 cm³/mol. The Morgan fingerprint density at radius 2 is 1.17 bits per heavy atom. The van der Waals surface area contributed by atoms with Gasteiger partial charge in [-0.1, -0.05) is 51.3 Å². The second kappa shape index (κ2) is 32.7. The SMILES string of the molecule is II.O=CO[O-].Oc1ccc(Cl)c(F)c1.[C-]#[N+]c1ccc(NC(=O)[C@@](C)(O)CBr)cc1C(F)(F)F.[C-]#[N+]c1ccc(NC(=O)[C@@](C)(O)COc2ccc(Cl)c(F)c2)cc1C(F)(F)F.[H-].[K+].[K+]. The van der Waals surface area contributed by atoms with Crippen LogP contribution in [0, 0.1) is 24.8 Å². The molecule has 0 aliphatic rings. The molecule has 344 valence electrons. The predicted octanol–water partition coefficient (Wildman–Crippen LogP) is 4.67. The zero-order valence-corrected chi connectivity index (χ0v) is 47.2. The molecule has 2 atom stereocenters. The number of rotatable bonds is 9. The van der Waals surface area contributed by atoms with Gasteiger partial charge in [-0.2, -0.15) is 26.3 Å². The minimum Gasteiger partial charge on any atom is -1.00 e. The Bertz CT molecular complexity index is 2290. The van der Waals surface area contributed by atoms with E-state index in [1.54, 1.807) is 0 Å². The van der Waals surface area contributed by atoms with Crippen molar-refractivity contribution >= 4 is 117 Å². The summed E-state index contributed by atoms with van der Waals surface area (Å²) in [5.41, 5.74) is -7.83. The molecule has 0 aliphatic carbocycles. The quantitative estimate of drug-likeness (QED) is 0.0232. The molecule has 0 aliphatic heterocycles. The summed E-state index contributed by atoms with van der Waals surface area (Å²) in [6.07, 6.45) is -9.48. The molecule has 0 heterocycles. The molecule has 0 saturated carbocycles. The smallest absolute Gasteiger partial charge is 1.00 e. The number of phenolic OH excluding ortho intramolecular Hbond substituents is 1. The summed E-state index contributed by atoms with van der Waals surface area (Å²) in [6.45, 7) is 15.0. The van der Waals surface area contributed by atoms with Crippen LogP contribution in [-0.2, 0) is 31.6 Å². The Morgan fingerprint density at radius 3 is 1.49 bits per heavy atom. The topological polar surface area (TPSA) is 186 Å². The molecular weight excluding hydrogens is 1280 g/mol. The molecule has 28 heteroatoms. The number of aliphatic hydroxyl groups is 2. The molecule has 0 fully saturated rings. The van der Waals surface area contributed by atoms with Crippen molar-refractivity contribution in [3.8, 4) is 11.5 Å². The van der Waals surface area contributed by atoms with E-state index in [4.69, 9.17) is 56.2 Å². The fourth-order valence-electron chi connectivity index (χ4n) is 3.81. The van der Waals surface area contributed by atoms with E-state index >= 15 is 0 Å². The van der Waals surface area contributed by atoms with Crippen LogP contribution in [0.3, 0.4) is 0 Å². The fourth-order valence-corrected chi connectivity index (χ4v) is 4.30. The number of benzene rings is 4. The van der Waals surface area contributed by atoms with Gasteiger partial charge < -0.3 is 42.3 Å². The van der Waals surface area contributed by atoms with Gasteiger partial charge in [0.15, 0.2) is 17.0 Å². The third-order valence-electron chi connectivity index (χ3n) is 6.95. The average molecular weight is 1310 g/mol. The molecule has 0 saturated heterocycles. The van der Waals surface area contributed by atoms with E-state index < -0.39 is 76.1 Å². The van der Waals surface area contributed by atoms with Gasteiger partial charge in [0.05, 0.1) is 34.3 Å². The molecule has 13 nitrogen and oxygen atoms in total. The Balaban J connectivity index is -0.000000440. The molecule has 4 aromatic rings. The van der Waals surface area contributed by atoms with Crippen molar-refractivity contribution in [1.82, 2.24) is 0 Å². The molecule has 0 spiro atoms. The molecule has 4 rings (SSSR count). The Kier molecular flexibility index (Phi) is 34.4. The number of hydrogen-bond acceptors (Lipinski definition) is 9. The first-order valence-electron chi connectivity index (χ1n) is 16.1. The molecule has 5 N–H and O–H groups in total. The Labute approximate surface area is 493 Å². The summed E-state index contributed by atoms with van der Waals surface area (Å²) in [4.78, 5) is 40.7. The molecular formula is C37H29BrCl2F8I2K2N4O9. The van der Waals surface area contributed by atoms with Gasteiger partial charge in [-0.25, -0.2) is 18.5 Å². The monoisotopic (exact) mass is 1310 g/mol. The maximum atomic E-state index is 13.4. The average Bonchev–Trinajstić information content (AvgIpc) is 3.23. The van der Waals surface area contributed by atoms with E-state index in [1.165, 1.54) is 37.3 Å². The van der Waals surface area contributed by atoms with E-state index in [9.17, 15) is 54.9 Å². The van der Waals surface area contributed by atoms with Crippen LogP contribution in [0.25, 0.3) is 9.69 Å². The number of ether oxygens (including phenoxy) is 1. The maximum Gasteiger partial charge on any atom is 1.00 e. The normalized spacial score (nSPS) is 11.9. The summed E-state index contributed by atoms with van der Waals surface area (Å²) in [7, 11) is 0. The number of phenols is 1. The van der Waals surface area contributed by atoms with E-state index in [1.807, 2.05) is 0 Å². The second-order valence-electron chi connectivity index (χ2n) is 11.9. The van der Waals surface area contributed by atoms with Crippen LogP contribution in [0.15, 0.2) is 72.8 Å². The summed E-state index contributed by atoms with van der Waals surface area (Å²) in [5.74, 6) is -3.38. The Hall–Kier alpha value is -1.02. The molecule has 65 heavy (non-hydrogen) atoms. The van der Waals surface area contributed by atoms with E-state index in [-0.39, 0.29) is 149 Å². The van der Waals surface area contributed by atoms with Gasteiger partial charge in [0, 0.05) is 66.1 Å². The summed E-state index contributed by atoms with van der Waals surface area (Å²) in [6, 6.07) is 12.5. The van der Waals surface area contributed by atoms with E-state index in [0.717, 1.165) is 37.3 Å². The standard InChI is InChI=1S/C18H13ClF4N2O3.C12H10BrF3N2O2.C6H4ClFO.CH2O3.I2.2K.H/c1-17(27,9-28-11-4-5-13(19)14(20)8-11)16(26)25-10-3-6-15(24-2)12(7-10)18(21,22)23;1-11(20,6-13)10(19)18-7-3-4-9(17-2)8(5-7)12(14,15)16;7-5-2-1-4(9)3-6(5)8;2-1-4-3;1-2;;;/h3-8,27H,9H2,1H3,(H,25,26);3-5,20H,6H2,1H3,(H,18,19);1-3,9H;1,3H;;;;/q;;;;;2*+1;-1/p-1/t17-;11-;;;;;;/m00....../s1. The van der Waals surface area contributed by atoms with Crippen molar-refractivity contribution in [1.29, 1.82) is 0 Å². The first-order chi connectivity index (χ1) is 29.2. The van der Waals surface area contributed by atoms with Crippen LogP contribution >= 0.6 is 76.4 Å². The van der Waals surface area contributed by atoms with Crippen LogP contribution in [0.5, 0.6) is 11.5 Å². The minimum atomic E-state index is -4.79. The maximum absolute atomic E-state index is 13.4. The number of amides is 2. The van der Waals surface area contributed by atoms with Gasteiger partial charge in [0.1, 0.15) is 35.3 Å². The van der Waals surface area contributed by atoms with Crippen LogP contribution in [0.1, 0.15) is 26.4 Å². The zero-order valence-electron chi connectivity index (χ0n) is 34.5. The minimum absolute atomic E-state index is 0. The number of hydrogen-bond donors (Lipinski definition) is 5. The number of alkyl halides is 7. The van der Waals surface area contributed by atoms with Gasteiger partial charge in [-0.3, -0.25) is 14.4 Å². The first-order valence-corrected chi connectivity index (χ1v) is 24.2. The fraction of sp³-hybridized carbons (Fsp3) is 0.216. The number of nitrogens with one attached hydrogen (secondary N) is 2. The summed E-state index contributed by atoms with van der Waals surface area (Å²) < 4.78 is 108. The van der Waals surface area contributed by atoms with Gasteiger partial charge in [0.2, 0.25) is 0 Å². The Morgan fingerprint density at radius 1 is 0.785 bits per heavy atom. The van der Waals surface area contributed by atoms with Gasteiger partial charge in [0.25, 0.3) is 18.3 Å². The largest absolute Gasteiger partial charge is 1.00 e. The molecule has 0 unspecified atom stereocenters. The number of carbonyl (C=O) groups excluding carboxylic acids is 3. The molecule has 4 aromatic carbocycles. The van der Waals surface area contributed by atoms with Crippen molar-refractivity contribution in [3.05, 3.63) is 128 Å². The van der Waals surface area contributed by atoms with Crippen molar-refractivity contribution in [2.45, 2.75) is 37.4 Å². The van der Waals surface area contributed by atoms with Gasteiger partial charge in [-0.05, 0) is 62.4 Å². The van der Waals surface area contributed by atoms with Crippen LogP contribution < -0.4 is 123 Å². The number of halogens is 13. The van der Waals surface area contributed by atoms with Gasteiger partial charge in [-0.15, -0.1) is 0 Å². The van der Waals surface area contributed by atoms with Crippen molar-refractivity contribution in [2.24, 2.45) is 0 Å². The second-order valence-corrected chi connectivity index (χ2v) is 13.3. The summed E-state index contributed by atoms with van der Waals surface area (Å²) in [5, 5.41) is 41.1. The third-order valence-corrected chi connectivity index (χ3v) is 8.66. The number of nitrogens with zero attached hydrogens (tertiary/aromatic N) is 2. The molecule has 0 aromatic heterocycles. The zero-order chi connectivity index (χ0) is 48.9. The molecule has 2 amide bonds. The van der Waals surface area contributed by atoms with E-state index in [2.05, 4.69) is 78.4 Å². The number of anilines is 2. The van der Waals surface area contributed by atoms with Crippen LogP contribution in [0.2, 0.25) is 10.0 Å². The van der Waals surface area contributed by atoms with Gasteiger partial charge >= 0.3 is 115 Å². The molecule has 0 bridgehead atoms. The summed E-state index contributed by atoms with van der Waals surface area (Å²) >= 11 is 18.0. The third kappa shape index (κ3) is 24.9. The first kappa shape index (κ1) is 68.2. The van der Waals surface area contributed by atoms with E-state index in [0.29, 0.717) is 12.1 Å². The number of carbonyl (C=O) groups is 3. The van der Waals surface area contributed by atoms with Crippen LogP contribution in [0.4, 0.5) is 57.9 Å². The van der Waals surface area contributed by atoms with Crippen molar-refractivity contribution in [3.63, 3.8) is 0 Å². The van der Waals surface area contributed by atoms with Crippen molar-refractivity contribution in [2.75, 3.05) is 22.6 Å². The van der Waals surface area contributed by atoms with Crippen LogP contribution in [-0.4, -0.2) is 56.7 Å².